The molecule has 0 radical (unpaired) electrons. The van der Waals surface area contributed by atoms with Crippen molar-refractivity contribution < 1.29 is 9.90 Å². The number of allylic oxidation sites excluding steroid dienone is 2. The van der Waals surface area contributed by atoms with Crippen molar-refractivity contribution in [1.82, 2.24) is 0 Å². The van der Waals surface area contributed by atoms with Gasteiger partial charge in [-0.25, -0.2) is 0 Å². The lowest BCUT2D eigenvalue weighted by atomic mass is 9.48. The fourth-order valence-electron chi connectivity index (χ4n) is 6.09. The Morgan fingerprint density at radius 3 is 2.76 bits per heavy atom. The molecule has 0 spiro atoms. The second-order valence-corrected chi connectivity index (χ2v) is 8.16. The Morgan fingerprint density at radius 2 is 1.95 bits per heavy atom. The Kier molecular flexibility index (Phi) is 2.83. The number of Topliss-reactive ketones (excluding diaryl/α,β-unsaturated/α-hetero) is 1. The van der Waals surface area contributed by atoms with Crippen molar-refractivity contribution in [2.45, 2.75) is 58.5 Å². The van der Waals surface area contributed by atoms with Gasteiger partial charge in [-0.1, -0.05) is 37.6 Å². The van der Waals surface area contributed by atoms with E-state index in [-0.39, 0.29) is 10.8 Å². The van der Waals surface area contributed by atoms with Crippen LogP contribution in [-0.2, 0) is 4.79 Å². The lowest BCUT2D eigenvalue weighted by molar-refractivity contribution is -0.131. The molecule has 3 fully saturated rings. The number of ketones is 1. The van der Waals surface area contributed by atoms with E-state index in [0.29, 0.717) is 23.5 Å². The molecule has 1 unspecified atom stereocenters. The van der Waals surface area contributed by atoms with Gasteiger partial charge in [-0.05, 0) is 49.9 Å². The predicted molar refractivity (Wildman–Crippen MR) is 82.6 cm³/mol. The Hall–Kier alpha value is -0.890. The molecule has 0 aromatic heterocycles. The smallest absolute Gasteiger partial charge is 0.139 e. The quantitative estimate of drug-likeness (QED) is 0.690. The van der Waals surface area contributed by atoms with E-state index >= 15 is 0 Å². The van der Waals surface area contributed by atoms with Crippen LogP contribution >= 0.6 is 0 Å². The first-order chi connectivity index (χ1) is 9.95. The molecule has 0 aromatic rings. The molecule has 1 N–H and O–H groups in total. The van der Waals surface area contributed by atoms with E-state index in [0.717, 1.165) is 32.1 Å². The summed E-state index contributed by atoms with van der Waals surface area (Å²) in [6.07, 6.45) is 12.4. The molecular weight excluding hydrogens is 260 g/mol. The standard InChI is InChI=1S/C19H26O2/c1-18-9-7-13(20)11-12(18)3-4-14-15-5-6-17(21)19(15,2)10-8-16(14)18/h7,9,11,13-16,20H,3-6,8,10H2,1-2H3/t13?,14-,15-,16-,18-,19-/m0/s1. The van der Waals surface area contributed by atoms with Crippen LogP contribution in [0.5, 0.6) is 0 Å². The molecule has 4 rings (SSSR count). The van der Waals surface area contributed by atoms with Crippen LogP contribution in [0.3, 0.4) is 0 Å². The normalized spacial score (nSPS) is 52.0. The summed E-state index contributed by atoms with van der Waals surface area (Å²) in [5, 5.41) is 9.88. The van der Waals surface area contributed by atoms with Crippen molar-refractivity contribution >= 4 is 5.78 Å². The highest BCUT2D eigenvalue weighted by Gasteiger charge is 2.58. The zero-order chi connectivity index (χ0) is 14.8. The topological polar surface area (TPSA) is 37.3 Å². The zero-order valence-electron chi connectivity index (χ0n) is 13.1. The second kappa shape index (κ2) is 4.32. The summed E-state index contributed by atoms with van der Waals surface area (Å²) in [5.74, 6) is 2.47. The number of hydrogen-bond acceptors (Lipinski definition) is 2. The molecule has 6 atom stereocenters. The average Bonchev–Trinajstić information content (AvgIpc) is 2.76. The Balaban J connectivity index is 1.70. The molecule has 4 aliphatic carbocycles. The summed E-state index contributed by atoms with van der Waals surface area (Å²) in [6.45, 7) is 4.59. The molecule has 0 amide bonds. The molecule has 4 aliphatic rings. The van der Waals surface area contributed by atoms with Crippen LogP contribution in [0.25, 0.3) is 0 Å². The van der Waals surface area contributed by atoms with Gasteiger partial charge >= 0.3 is 0 Å². The van der Waals surface area contributed by atoms with Crippen molar-refractivity contribution in [2.75, 3.05) is 0 Å². The van der Waals surface area contributed by atoms with E-state index in [9.17, 15) is 9.90 Å². The van der Waals surface area contributed by atoms with Gasteiger partial charge in [-0.2, -0.15) is 0 Å². The molecular formula is C19H26O2. The second-order valence-electron chi connectivity index (χ2n) is 8.16. The summed E-state index contributed by atoms with van der Waals surface area (Å²) in [6, 6.07) is 0. The number of carbonyl (C=O) groups is 1. The molecule has 2 nitrogen and oxygen atoms in total. The van der Waals surface area contributed by atoms with Crippen molar-refractivity contribution in [3.63, 3.8) is 0 Å². The minimum atomic E-state index is -0.397. The van der Waals surface area contributed by atoms with Gasteiger partial charge in [0.05, 0.1) is 6.10 Å². The highest BCUT2D eigenvalue weighted by molar-refractivity contribution is 5.87. The van der Waals surface area contributed by atoms with E-state index in [1.165, 1.54) is 12.0 Å². The maximum Gasteiger partial charge on any atom is 0.139 e. The monoisotopic (exact) mass is 286 g/mol. The number of fused-ring (bicyclic) bond motifs is 5. The van der Waals surface area contributed by atoms with Gasteiger partial charge in [0, 0.05) is 17.3 Å². The molecule has 3 saturated carbocycles. The van der Waals surface area contributed by atoms with Gasteiger partial charge in [0.15, 0.2) is 0 Å². The highest BCUT2D eigenvalue weighted by Crippen LogP contribution is 2.63. The van der Waals surface area contributed by atoms with E-state index < -0.39 is 6.10 Å². The van der Waals surface area contributed by atoms with E-state index in [1.54, 1.807) is 0 Å². The van der Waals surface area contributed by atoms with E-state index in [2.05, 4.69) is 26.0 Å². The van der Waals surface area contributed by atoms with Crippen molar-refractivity contribution in [1.29, 1.82) is 0 Å². The van der Waals surface area contributed by atoms with Crippen LogP contribution in [0.1, 0.15) is 52.4 Å². The molecule has 0 saturated heterocycles. The van der Waals surface area contributed by atoms with Gasteiger partial charge in [-0.3, -0.25) is 4.79 Å². The molecule has 0 aromatic carbocycles. The van der Waals surface area contributed by atoms with Gasteiger partial charge in [0.25, 0.3) is 0 Å². The first kappa shape index (κ1) is 13.8. The first-order valence-corrected chi connectivity index (χ1v) is 8.57. The molecule has 0 bridgehead atoms. The summed E-state index contributed by atoms with van der Waals surface area (Å²) in [7, 11) is 0. The summed E-state index contributed by atoms with van der Waals surface area (Å²) in [4.78, 5) is 12.4. The van der Waals surface area contributed by atoms with Gasteiger partial charge < -0.3 is 5.11 Å². The molecule has 2 heteroatoms. The third-order valence-corrected chi connectivity index (χ3v) is 7.37. The van der Waals surface area contributed by atoms with Crippen LogP contribution in [0.4, 0.5) is 0 Å². The number of carbonyl (C=O) groups excluding carboxylic acids is 1. The van der Waals surface area contributed by atoms with Crippen molar-refractivity contribution in [2.24, 2.45) is 28.6 Å². The van der Waals surface area contributed by atoms with Crippen molar-refractivity contribution in [3.8, 4) is 0 Å². The Labute approximate surface area is 127 Å². The minimum Gasteiger partial charge on any atom is -0.385 e. The van der Waals surface area contributed by atoms with Crippen LogP contribution in [-0.4, -0.2) is 17.0 Å². The van der Waals surface area contributed by atoms with E-state index in [1.807, 2.05) is 6.08 Å². The SMILES string of the molecule is C[C@]12C=CC(O)C=C1CC[C@@H]1[C@@H]2CC[C@]2(C)C(=O)CC[C@@H]12. The van der Waals surface area contributed by atoms with E-state index in [4.69, 9.17) is 0 Å². The number of hydrogen-bond donors (Lipinski definition) is 1. The molecule has 0 aliphatic heterocycles. The number of aliphatic hydroxyl groups is 1. The van der Waals surface area contributed by atoms with Gasteiger partial charge in [0.1, 0.15) is 5.78 Å². The Morgan fingerprint density at radius 1 is 1.14 bits per heavy atom. The first-order valence-electron chi connectivity index (χ1n) is 8.57. The average molecular weight is 286 g/mol. The minimum absolute atomic E-state index is 0.0311. The highest BCUT2D eigenvalue weighted by atomic mass is 16.3. The van der Waals surface area contributed by atoms with Crippen LogP contribution in [0.15, 0.2) is 23.8 Å². The maximum atomic E-state index is 12.4. The van der Waals surface area contributed by atoms with Crippen molar-refractivity contribution in [3.05, 3.63) is 23.8 Å². The Bertz CT molecular complexity index is 546. The maximum absolute atomic E-state index is 12.4. The van der Waals surface area contributed by atoms with Gasteiger partial charge in [-0.15, -0.1) is 0 Å². The lowest BCUT2D eigenvalue weighted by Crippen LogP contribution is -2.49. The third kappa shape index (κ3) is 1.72. The number of rotatable bonds is 0. The lowest BCUT2D eigenvalue weighted by Gasteiger charge is -2.55. The predicted octanol–water partition coefficient (Wildman–Crippen LogP) is 3.66. The fourth-order valence-corrected chi connectivity index (χ4v) is 6.09. The fraction of sp³-hybridized carbons (Fsp3) is 0.737. The van der Waals surface area contributed by atoms with Crippen LogP contribution in [0, 0.1) is 28.6 Å². The van der Waals surface area contributed by atoms with Crippen LogP contribution < -0.4 is 0 Å². The summed E-state index contributed by atoms with van der Waals surface area (Å²) < 4.78 is 0. The van der Waals surface area contributed by atoms with Crippen LogP contribution in [0.2, 0.25) is 0 Å². The summed E-state index contributed by atoms with van der Waals surface area (Å²) >= 11 is 0. The summed E-state index contributed by atoms with van der Waals surface area (Å²) in [5.41, 5.74) is 1.53. The molecule has 114 valence electrons. The number of aliphatic hydroxyl groups excluding tert-OH is 1. The third-order valence-electron chi connectivity index (χ3n) is 7.37. The van der Waals surface area contributed by atoms with Gasteiger partial charge in [0.2, 0.25) is 0 Å². The molecule has 21 heavy (non-hydrogen) atoms. The molecule has 0 heterocycles. The largest absolute Gasteiger partial charge is 0.385 e. The zero-order valence-corrected chi connectivity index (χ0v) is 13.1.